The highest BCUT2D eigenvalue weighted by Gasteiger charge is 2.38. The lowest BCUT2D eigenvalue weighted by Gasteiger charge is -2.13. The summed E-state index contributed by atoms with van der Waals surface area (Å²) in [4.78, 5) is 22.8. The standard InChI is InChI=1S/C19H19F3N2O4S/c1-13(11-14-5-3-2-4-6-14)17(25)24-29(27,28)16-9-7-15(8-10-16)12-23-18(26)19(20,21)22/h2-10,13H,11-12H2,1H3,(H,23,26)(H,24,25)/t13-/m0/s1. The Morgan fingerprint density at radius 2 is 1.55 bits per heavy atom. The molecule has 6 nitrogen and oxygen atoms in total. The van der Waals surface area contributed by atoms with Crippen LogP contribution in [0.5, 0.6) is 0 Å². The Morgan fingerprint density at radius 3 is 2.10 bits per heavy atom. The predicted molar refractivity (Wildman–Crippen MR) is 99.0 cm³/mol. The molecule has 156 valence electrons. The maximum atomic E-state index is 12.4. The number of hydrogen-bond donors (Lipinski definition) is 2. The lowest BCUT2D eigenvalue weighted by atomic mass is 10.0. The fourth-order valence-corrected chi connectivity index (χ4v) is 3.50. The molecule has 0 saturated carbocycles. The molecule has 0 fully saturated rings. The van der Waals surface area contributed by atoms with Gasteiger partial charge in [0.05, 0.1) is 4.90 Å². The zero-order valence-electron chi connectivity index (χ0n) is 15.4. The molecule has 0 heterocycles. The summed E-state index contributed by atoms with van der Waals surface area (Å²) in [5.41, 5.74) is 1.16. The van der Waals surface area contributed by atoms with Crippen molar-refractivity contribution in [2.75, 3.05) is 0 Å². The first-order chi connectivity index (χ1) is 13.5. The molecule has 0 aliphatic heterocycles. The molecule has 0 spiro atoms. The van der Waals surface area contributed by atoms with E-state index in [-0.39, 0.29) is 10.5 Å². The van der Waals surface area contributed by atoms with Gasteiger partial charge in [-0.3, -0.25) is 9.59 Å². The summed E-state index contributed by atoms with van der Waals surface area (Å²) in [6.45, 7) is 1.18. The second-order valence-electron chi connectivity index (χ2n) is 6.38. The molecule has 2 aromatic carbocycles. The molecular formula is C19H19F3N2O4S. The van der Waals surface area contributed by atoms with Crippen LogP contribution in [0.15, 0.2) is 59.5 Å². The Bertz CT molecular complexity index is 959. The van der Waals surface area contributed by atoms with Crippen LogP contribution in [0, 0.1) is 5.92 Å². The van der Waals surface area contributed by atoms with E-state index in [1.807, 2.05) is 35.1 Å². The van der Waals surface area contributed by atoms with Gasteiger partial charge in [-0.15, -0.1) is 0 Å². The lowest BCUT2D eigenvalue weighted by molar-refractivity contribution is -0.173. The molecule has 0 bridgehead atoms. The summed E-state index contributed by atoms with van der Waals surface area (Å²) in [7, 11) is -4.13. The highest BCUT2D eigenvalue weighted by molar-refractivity contribution is 7.90. The SMILES string of the molecule is C[C@@H](Cc1ccccc1)C(=O)NS(=O)(=O)c1ccc(CNC(=O)C(F)(F)F)cc1. The molecule has 0 unspecified atom stereocenters. The van der Waals surface area contributed by atoms with Crippen LogP contribution in [0.4, 0.5) is 13.2 Å². The van der Waals surface area contributed by atoms with Crippen LogP contribution in [0.2, 0.25) is 0 Å². The van der Waals surface area contributed by atoms with Crippen molar-refractivity contribution in [2.24, 2.45) is 5.92 Å². The van der Waals surface area contributed by atoms with Crippen molar-refractivity contribution in [1.82, 2.24) is 10.0 Å². The van der Waals surface area contributed by atoms with Crippen LogP contribution in [0.1, 0.15) is 18.1 Å². The van der Waals surface area contributed by atoms with Gasteiger partial charge in [0.1, 0.15) is 0 Å². The minimum Gasteiger partial charge on any atom is -0.344 e. The fraction of sp³-hybridized carbons (Fsp3) is 0.263. The van der Waals surface area contributed by atoms with Gasteiger partial charge in [-0.05, 0) is 29.7 Å². The number of carbonyl (C=O) groups is 2. The van der Waals surface area contributed by atoms with Gasteiger partial charge in [-0.1, -0.05) is 49.4 Å². The van der Waals surface area contributed by atoms with Crippen molar-refractivity contribution in [3.8, 4) is 0 Å². The number of carbonyl (C=O) groups excluding carboxylic acids is 2. The first-order valence-electron chi connectivity index (χ1n) is 8.53. The van der Waals surface area contributed by atoms with E-state index in [9.17, 15) is 31.2 Å². The summed E-state index contributed by atoms with van der Waals surface area (Å²) in [5, 5.41) is 1.68. The largest absolute Gasteiger partial charge is 0.471 e. The number of halogens is 3. The van der Waals surface area contributed by atoms with Crippen LogP contribution >= 0.6 is 0 Å². The molecular weight excluding hydrogens is 409 g/mol. The van der Waals surface area contributed by atoms with Crippen LogP contribution in [0.3, 0.4) is 0 Å². The summed E-state index contributed by atoms with van der Waals surface area (Å²) in [5.74, 6) is -3.35. The van der Waals surface area contributed by atoms with Gasteiger partial charge in [-0.2, -0.15) is 13.2 Å². The zero-order valence-corrected chi connectivity index (χ0v) is 16.2. The highest BCUT2D eigenvalue weighted by atomic mass is 32.2. The minimum atomic E-state index is -5.00. The predicted octanol–water partition coefficient (Wildman–Crippen LogP) is 2.55. The van der Waals surface area contributed by atoms with Crippen molar-refractivity contribution in [2.45, 2.75) is 31.0 Å². The second-order valence-corrected chi connectivity index (χ2v) is 8.07. The van der Waals surface area contributed by atoms with E-state index in [0.29, 0.717) is 6.42 Å². The molecule has 0 aromatic heterocycles. The Hall–Kier alpha value is -2.88. The third-order valence-corrected chi connectivity index (χ3v) is 5.37. The van der Waals surface area contributed by atoms with Crippen molar-refractivity contribution in [1.29, 1.82) is 0 Å². The molecule has 1 atom stereocenters. The monoisotopic (exact) mass is 428 g/mol. The summed E-state index contributed by atoms with van der Waals surface area (Å²) in [6, 6.07) is 13.9. The van der Waals surface area contributed by atoms with E-state index in [0.717, 1.165) is 17.7 Å². The van der Waals surface area contributed by atoms with E-state index in [1.54, 1.807) is 12.2 Å². The van der Waals surface area contributed by atoms with E-state index in [4.69, 9.17) is 0 Å². The van der Waals surface area contributed by atoms with Crippen molar-refractivity contribution in [3.05, 3.63) is 65.7 Å². The molecule has 10 heteroatoms. The number of rotatable bonds is 7. The number of alkyl halides is 3. The molecule has 0 aliphatic rings. The molecule has 2 N–H and O–H groups in total. The van der Waals surface area contributed by atoms with Gasteiger partial charge in [0.25, 0.3) is 10.0 Å². The molecule has 2 rings (SSSR count). The van der Waals surface area contributed by atoms with Gasteiger partial charge >= 0.3 is 12.1 Å². The second kappa shape index (κ2) is 9.08. The molecule has 29 heavy (non-hydrogen) atoms. The van der Waals surface area contributed by atoms with Crippen LogP contribution < -0.4 is 10.0 Å². The molecule has 2 aromatic rings. The van der Waals surface area contributed by atoms with Gasteiger partial charge < -0.3 is 5.32 Å². The smallest absolute Gasteiger partial charge is 0.344 e. The molecule has 0 radical (unpaired) electrons. The average Bonchev–Trinajstić information content (AvgIpc) is 2.66. The maximum absolute atomic E-state index is 12.4. The molecule has 0 saturated heterocycles. The fourth-order valence-electron chi connectivity index (χ4n) is 2.42. The quantitative estimate of drug-likeness (QED) is 0.709. The Balaban J connectivity index is 1.98. The molecule has 0 aliphatic carbocycles. The van der Waals surface area contributed by atoms with Gasteiger partial charge in [0.2, 0.25) is 5.91 Å². The molecule has 2 amide bonds. The third kappa shape index (κ3) is 6.60. The van der Waals surface area contributed by atoms with E-state index in [2.05, 4.69) is 0 Å². The van der Waals surface area contributed by atoms with Gasteiger partial charge in [-0.25, -0.2) is 13.1 Å². The summed E-state index contributed by atoms with van der Waals surface area (Å²) in [6.07, 6.45) is -4.63. The number of amides is 2. The Labute approximate surface area is 166 Å². The number of hydrogen-bond acceptors (Lipinski definition) is 4. The number of nitrogens with one attached hydrogen (secondary N) is 2. The van der Waals surface area contributed by atoms with Gasteiger partial charge in [0.15, 0.2) is 0 Å². The van der Waals surface area contributed by atoms with E-state index < -0.39 is 40.5 Å². The van der Waals surface area contributed by atoms with E-state index in [1.165, 1.54) is 12.1 Å². The van der Waals surface area contributed by atoms with Crippen molar-refractivity contribution < 1.29 is 31.2 Å². The van der Waals surface area contributed by atoms with Crippen molar-refractivity contribution >= 4 is 21.8 Å². The first kappa shape index (κ1) is 22.4. The Morgan fingerprint density at radius 1 is 0.966 bits per heavy atom. The van der Waals surface area contributed by atoms with Gasteiger partial charge in [0, 0.05) is 12.5 Å². The average molecular weight is 428 g/mol. The third-order valence-electron chi connectivity index (χ3n) is 4.01. The topological polar surface area (TPSA) is 92.3 Å². The van der Waals surface area contributed by atoms with Crippen LogP contribution in [-0.4, -0.2) is 26.4 Å². The van der Waals surface area contributed by atoms with Crippen LogP contribution in [-0.2, 0) is 32.6 Å². The van der Waals surface area contributed by atoms with E-state index >= 15 is 0 Å². The number of sulfonamides is 1. The summed E-state index contributed by atoms with van der Waals surface area (Å²) >= 11 is 0. The Kier molecular flexibility index (Phi) is 7.02. The van der Waals surface area contributed by atoms with Crippen LogP contribution in [0.25, 0.3) is 0 Å². The number of benzene rings is 2. The minimum absolute atomic E-state index is 0.219. The maximum Gasteiger partial charge on any atom is 0.471 e. The highest BCUT2D eigenvalue weighted by Crippen LogP contribution is 2.16. The summed E-state index contributed by atoms with van der Waals surface area (Å²) < 4.78 is 63.2. The zero-order chi connectivity index (χ0) is 21.7. The van der Waals surface area contributed by atoms with Crippen molar-refractivity contribution in [3.63, 3.8) is 0 Å². The normalized spacial score (nSPS) is 12.8. The first-order valence-corrected chi connectivity index (χ1v) is 10.0. The lowest BCUT2D eigenvalue weighted by Crippen LogP contribution is -2.36.